The topological polar surface area (TPSA) is 48.7 Å². The van der Waals surface area contributed by atoms with Crippen LogP contribution in [0.25, 0.3) is 11.0 Å². The minimum absolute atomic E-state index is 0.476. The summed E-state index contributed by atoms with van der Waals surface area (Å²) in [6.07, 6.45) is 2.14. The molecule has 0 aliphatic heterocycles. The lowest BCUT2D eigenvalue weighted by atomic mass is 10.1. The molecule has 0 atom stereocenters. The fourth-order valence-corrected chi connectivity index (χ4v) is 1.49. The van der Waals surface area contributed by atoms with Gasteiger partial charge in [-0.2, -0.15) is 0 Å². The number of hydrogen-bond donors (Lipinski definition) is 0. The van der Waals surface area contributed by atoms with Crippen molar-refractivity contribution in [3.8, 4) is 11.5 Å². The lowest BCUT2D eigenvalue weighted by Crippen LogP contribution is -1.88. The third-order valence-electron chi connectivity index (χ3n) is 2.22. The molecule has 0 unspecified atom stereocenters. The number of hydrogen-bond acceptors (Lipinski definition) is 4. The number of carbonyl (C=O) groups excluding carboxylic acids is 1. The Bertz CT molecular complexity index is 499. The second-order valence-electron chi connectivity index (χ2n) is 3.01. The number of aldehydes is 1. The van der Waals surface area contributed by atoms with E-state index in [0.29, 0.717) is 28.0 Å². The van der Waals surface area contributed by atoms with Crippen LogP contribution >= 0.6 is 0 Å². The van der Waals surface area contributed by atoms with Crippen LogP contribution in [0.1, 0.15) is 10.4 Å². The van der Waals surface area contributed by atoms with Gasteiger partial charge >= 0.3 is 0 Å². The maximum atomic E-state index is 10.8. The van der Waals surface area contributed by atoms with Gasteiger partial charge < -0.3 is 13.9 Å². The fourth-order valence-electron chi connectivity index (χ4n) is 1.49. The maximum absolute atomic E-state index is 10.8. The van der Waals surface area contributed by atoms with E-state index in [1.54, 1.807) is 19.2 Å². The summed E-state index contributed by atoms with van der Waals surface area (Å²) >= 11 is 0. The highest BCUT2D eigenvalue weighted by molar-refractivity contribution is 6.00. The lowest BCUT2D eigenvalue weighted by Gasteiger charge is -2.04. The molecule has 4 heteroatoms. The molecule has 0 spiro atoms. The van der Waals surface area contributed by atoms with Crippen molar-refractivity contribution in [1.82, 2.24) is 0 Å². The minimum Gasteiger partial charge on any atom is -0.496 e. The largest absolute Gasteiger partial charge is 0.496 e. The predicted octanol–water partition coefficient (Wildman–Crippen LogP) is 2.26. The van der Waals surface area contributed by atoms with Gasteiger partial charge in [-0.25, -0.2) is 0 Å². The van der Waals surface area contributed by atoms with Crippen molar-refractivity contribution in [3.05, 3.63) is 24.0 Å². The summed E-state index contributed by atoms with van der Waals surface area (Å²) in [5.41, 5.74) is 1.05. The number of carbonyl (C=O) groups is 1. The Kier molecular flexibility index (Phi) is 2.33. The van der Waals surface area contributed by atoms with Gasteiger partial charge in [-0.15, -0.1) is 0 Å². The van der Waals surface area contributed by atoms with Crippen molar-refractivity contribution < 1.29 is 18.7 Å². The number of ether oxygens (including phenoxy) is 2. The van der Waals surface area contributed by atoms with E-state index < -0.39 is 0 Å². The van der Waals surface area contributed by atoms with E-state index in [1.165, 1.54) is 13.4 Å². The Hall–Kier alpha value is -1.97. The summed E-state index contributed by atoms with van der Waals surface area (Å²) in [7, 11) is 3.10. The van der Waals surface area contributed by atoms with Crippen LogP contribution in [0.15, 0.2) is 22.8 Å². The summed E-state index contributed by atoms with van der Waals surface area (Å²) in [4.78, 5) is 10.8. The monoisotopic (exact) mass is 206 g/mol. The molecule has 2 aromatic rings. The summed E-state index contributed by atoms with van der Waals surface area (Å²) in [5.74, 6) is 1.20. The molecule has 2 rings (SSSR count). The molecule has 0 bridgehead atoms. The molecule has 0 amide bonds. The molecule has 1 aromatic heterocycles. The Balaban J connectivity index is 2.77. The molecule has 4 nitrogen and oxygen atoms in total. The third kappa shape index (κ3) is 1.44. The SMILES string of the molecule is COc1cc(OC)c2c(C=O)coc2c1. The molecule has 0 aliphatic carbocycles. The first kappa shape index (κ1) is 9.58. The van der Waals surface area contributed by atoms with Crippen LogP contribution < -0.4 is 9.47 Å². The van der Waals surface area contributed by atoms with Crippen LogP contribution in [0.4, 0.5) is 0 Å². The van der Waals surface area contributed by atoms with Crippen LogP contribution in [-0.4, -0.2) is 20.5 Å². The van der Waals surface area contributed by atoms with E-state index in [9.17, 15) is 4.79 Å². The standard InChI is InChI=1S/C11H10O4/c1-13-8-3-9(14-2)11-7(5-12)6-15-10(11)4-8/h3-6H,1-2H3. The fraction of sp³-hybridized carbons (Fsp3) is 0.182. The van der Waals surface area contributed by atoms with Crippen LogP contribution in [0.3, 0.4) is 0 Å². The van der Waals surface area contributed by atoms with E-state index in [4.69, 9.17) is 13.9 Å². The Morgan fingerprint density at radius 2 is 2.07 bits per heavy atom. The summed E-state index contributed by atoms with van der Waals surface area (Å²) in [6.45, 7) is 0. The molecule has 0 saturated heterocycles. The Morgan fingerprint density at radius 3 is 2.67 bits per heavy atom. The molecule has 0 radical (unpaired) electrons. The zero-order valence-electron chi connectivity index (χ0n) is 8.44. The number of furan rings is 1. The average Bonchev–Trinajstić information content (AvgIpc) is 2.70. The third-order valence-corrected chi connectivity index (χ3v) is 2.22. The van der Waals surface area contributed by atoms with E-state index >= 15 is 0 Å². The first-order chi connectivity index (χ1) is 7.30. The van der Waals surface area contributed by atoms with Crippen molar-refractivity contribution in [2.45, 2.75) is 0 Å². The molecule has 0 aliphatic rings. The van der Waals surface area contributed by atoms with Crippen molar-refractivity contribution >= 4 is 17.3 Å². The second-order valence-corrected chi connectivity index (χ2v) is 3.01. The zero-order valence-corrected chi connectivity index (χ0v) is 8.44. The molecular weight excluding hydrogens is 196 g/mol. The predicted molar refractivity (Wildman–Crippen MR) is 54.7 cm³/mol. The van der Waals surface area contributed by atoms with Gasteiger partial charge in [0.1, 0.15) is 23.3 Å². The van der Waals surface area contributed by atoms with E-state index in [0.717, 1.165) is 6.29 Å². The molecule has 15 heavy (non-hydrogen) atoms. The quantitative estimate of drug-likeness (QED) is 0.723. The first-order valence-corrected chi connectivity index (χ1v) is 4.38. The minimum atomic E-state index is 0.476. The van der Waals surface area contributed by atoms with Gasteiger partial charge in [0.15, 0.2) is 6.29 Å². The van der Waals surface area contributed by atoms with Gasteiger partial charge in [-0.3, -0.25) is 4.79 Å². The zero-order chi connectivity index (χ0) is 10.8. The maximum Gasteiger partial charge on any atom is 0.154 e. The van der Waals surface area contributed by atoms with Crippen LogP contribution in [0.2, 0.25) is 0 Å². The van der Waals surface area contributed by atoms with Gasteiger partial charge in [-0.1, -0.05) is 0 Å². The summed E-state index contributed by atoms with van der Waals surface area (Å²) < 4.78 is 15.5. The van der Waals surface area contributed by atoms with Crippen molar-refractivity contribution in [1.29, 1.82) is 0 Å². The van der Waals surface area contributed by atoms with Crippen molar-refractivity contribution in [2.24, 2.45) is 0 Å². The van der Waals surface area contributed by atoms with Gasteiger partial charge in [0.2, 0.25) is 0 Å². The number of benzene rings is 1. The number of fused-ring (bicyclic) bond motifs is 1. The van der Waals surface area contributed by atoms with Crippen molar-refractivity contribution in [2.75, 3.05) is 14.2 Å². The summed E-state index contributed by atoms with van der Waals surface area (Å²) in [5, 5.41) is 0.674. The molecule has 0 fully saturated rings. The molecular formula is C11H10O4. The number of rotatable bonds is 3. The molecule has 0 saturated carbocycles. The molecule has 1 aromatic carbocycles. The van der Waals surface area contributed by atoms with Crippen LogP contribution in [0, 0.1) is 0 Å². The molecule has 78 valence electrons. The average molecular weight is 206 g/mol. The smallest absolute Gasteiger partial charge is 0.154 e. The Labute approximate surface area is 86.4 Å². The van der Waals surface area contributed by atoms with Crippen LogP contribution in [0.5, 0.6) is 11.5 Å². The number of methoxy groups -OCH3 is 2. The van der Waals surface area contributed by atoms with Gasteiger partial charge in [0.25, 0.3) is 0 Å². The van der Waals surface area contributed by atoms with Gasteiger partial charge in [0, 0.05) is 12.1 Å². The van der Waals surface area contributed by atoms with Crippen LogP contribution in [-0.2, 0) is 0 Å². The second kappa shape index (κ2) is 3.65. The molecule has 1 heterocycles. The van der Waals surface area contributed by atoms with E-state index in [-0.39, 0.29) is 0 Å². The normalized spacial score (nSPS) is 10.3. The lowest BCUT2D eigenvalue weighted by molar-refractivity contribution is 0.112. The van der Waals surface area contributed by atoms with E-state index in [1.807, 2.05) is 0 Å². The van der Waals surface area contributed by atoms with Gasteiger partial charge in [-0.05, 0) is 0 Å². The van der Waals surface area contributed by atoms with Crippen molar-refractivity contribution in [3.63, 3.8) is 0 Å². The summed E-state index contributed by atoms with van der Waals surface area (Å²) in [6, 6.07) is 3.43. The van der Waals surface area contributed by atoms with Gasteiger partial charge in [0.05, 0.1) is 25.2 Å². The first-order valence-electron chi connectivity index (χ1n) is 4.38. The highest BCUT2D eigenvalue weighted by Gasteiger charge is 2.12. The molecule has 0 N–H and O–H groups in total. The Morgan fingerprint density at radius 1 is 1.27 bits per heavy atom. The highest BCUT2D eigenvalue weighted by Crippen LogP contribution is 2.34. The highest BCUT2D eigenvalue weighted by atomic mass is 16.5. The van der Waals surface area contributed by atoms with E-state index in [2.05, 4.69) is 0 Å².